The Kier molecular flexibility index (Phi) is 4.09. The van der Waals surface area contributed by atoms with Gasteiger partial charge in [-0.25, -0.2) is 9.97 Å². The molecule has 1 aliphatic rings. The lowest BCUT2D eigenvalue weighted by Crippen LogP contribution is -2.23. The van der Waals surface area contributed by atoms with Gasteiger partial charge in [-0.2, -0.15) is 18.3 Å². The van der Waals surface area contributed by atoms with E-state index in [-0.39, 0.29) is 11.6 Å². The highest BCUT2D eigenvalue weighted by molar-refractivity contribution is 5.80. The van der Waals surface area contributed by atoms with Gasteiger partial charge in [-0.05, 0) is 43.2 Å². The maximum atomic E-state index is 13.0. The highest BCUT2D eigenvalue weighted by Crippen LogP contribution is 2.38. The molecule has 30 heavy (non-hydrogen) atoms. The van der Waals surface area contributed by atoms with Crippen LogP contribution in [0.3, 0.4) is 0 Å². The first-order chi connectivity index (χ1) is 14.3. The van der Waals surface area contributed by atoms with E-state index in [4.69, 9.17) is 0 Å². The zero-order valence-corrected chi connectivity index (χ0v) is 16.1. The van der Waals surface area contributed by atoms with Gasteiger partial charge in [-0.15, -0.1) is 0 Å². The van der Waals surface area contributed by atoms with Crippen LogP contribution in [0, 0.1) is 6.92 Å². The fraction of sp³-hybridized carbons (Fsp3) is 0.286. The van der Waals surface area contributed by atoms with Gasteiger partial charge in [0.15, 0.2) is 5.65 Å². The first kappa shape index (κ1) is 18.7. The summed E-state index contributed by atoms with van der Waals surface area (Å²) in [6, 6.07) is 5.44. The number of phenolic OH excluding ortho intramolecular Hbond substituents is 1. The largest absolute Gasteiger partial charge is 0.507 e. The summed E-state index contributed by atoms with van der Waals surface area (Å²) in [6.45, 7) is 2.30. The fourth-order valence-electron chi connectivity index (χ4n) is 4.08. The van der Waals surface area contributed by atoms with Crippen LogP contribution in [-0.2, 0) is 19.1 Å². The molecule has 0 amide bonds. The number of alkyl halides is 3. The van der Waals surface area contributed by atoms with Crippen LogP contribution in [0.5, 0.6) is 5.75 Å². The van der Waals surface area contributed by atoms with E-state index >= 15 is 0 Å². The number of imidazole rings is 1. The zero-order valence-electron chi connectivity index (χ0n) is 16.1. The van der Waals surface area contributed by atoms with Crippen LogP contribution in [0.15, 0.2) is 42.9 Å². The molecule has 0 saturated carbocycles. The Bertz CT molecular complexity index is 1230. The van der Waals surface area contributed by atoms with Gasteiger partial charge in [0.25, 0.3) is 0 Å². The van der Waals surface area contributed by atoms with Crippen LogP contribution in [0.1, 0.15) is 29.4 Å². The minimum atomic E-state index is -4.52. The average Bonchev–Trinajstić information content (AvgIpc) is 3.32. The number of aromatic hydroxyl groups is 1. The molecule has 0 bridgehead atoms. The Morgan fingerprint density at radius 2 is 2.03 bits per heavy atom. The molecule has 0 radical (unpaired) electrons. The summed E-state index contributed by atoms with van der Waals surface area (Å²) in [6.07, 6.45) is 2.94. The Labute approximate surface area is 169 Å². The Morgan fingerprint density at radius 1 is 1.20 bits per heavy atom. The number of halogens is 3. The number of rotatable bonds is 2. The van der Waals surface area contributed by atoms with E-state index in [2.05, 4.69) is 19.6 Å². The molecule has 1 aromatic carbocycles. The third kappa shape index (κ3) is 3.10. The molecule has 0 fully saturated rings. The normalized spacial score (nSPS) is 16.7. The molecular formula is C21H18F3N5O. The molecule has 0 spiro atoms. The van der Waals surface area contributed by atoms with Gasteiger partial charge in [-0.1, -0.05) is 0 Å². The van der Waals surface area contributed by atoms with E-state index in [0.717, 1.165) is 42.7 Å². The maximum Gasteiger partial charge on any atom is 0.416 e. The molecule has 1 atom stereocenters. The summed E-state index contributed by atoms with van der Waals surface area (Å²) in [5, 5.41) is 15.7. The third-order valence-corrected chi connectivity index (χ3v) is 5.57. The number of phenols is 1. The molecule has 0 aliphatic carbocycles. The zero-order chi connectivity index (χ0) is 21.0. The number of benzene rings is 1. The van der Waals surface area contributed by atoms with Gasteiger partial charge in [0.1, 0.15) is 11.6 Å². The molecular weight excluding hydrogens is 395 g/mol. The molecule has 4 aromatic rings. The lowest BCUT2D eigenvalue weighted by atomic mass is 10.00. The first-order valence-corrected chi connectivity index (χ1v) is 9.57. The van der Waals surface area contributed by atoms with Crippen LogP contribution in [-0.4, -0.2) is 29.4 Å². The van der Waals surface area contributed by atoms with E-state index in [9.17, 15) is 18.3 Å². The quantitative estimate of drug-likeness (QED) is 0.525. The summed E-state index contributed by atoms with van der Waals surface area (Å²) in [5.41, 5.74) is 0.566. The van der Waals surface area contributed by atoms with Crippen molar-refractivity contribution in [3.8, 4) is 17.0 Å². The van der Waals surface area contributed by atoms with Crippen molar-refractivity contribution in [3.63, 3.8) is 0 Å². The van der Waals surface area contributed by atoms with Gasteiger partial charge in [0.2, 0.25) is 0 Å². The van der Waals surface area contributed by atoms with E-state index < -0.39 is 17.5 Å². The molecule has 1 aliphatic heterocycles. The maximum absolute atomic E-state index is 13.0. The molecule has 3 aromatic heterocycles. The minimum Gasteiger partial charge on any atom is -0.507 e. The minimum absolute atomic E-state index is 0.172. The second kappa shape index (κ2) is 6.58. The Morgan fingerprint density at radius 3 is 2.80 bits per heavy atom. The van der Waals surface area contributed by atoms with Gasteiger partial charge >= 0.3 is 6.18 Å². The van der Waals surface area contributed by atoms with Gasteiger partial charge < -0.3 is 9.67 Å². The van der Waals surface area contributed by atoms with Crippen molar-refractivity contribution in [2.75, 3.05) is 0 Å². The van der Waals surface area contributed by atoms with E-state index in [1.807, 2.05) is 23.1 Å². The van der Waals surface area contributed by atoms with Crippen LogP contribution >= 0.6 is 0 Å². The van der Waals surface area contributed by atoms with Crippen LogP contribution in [0.2, 0.25) is 0 Å². The SMILES string of the molecule is Cc1cc(C(F)(F)F)cc(O)c1-c1ccc2cn([C@H]3CCc4nccn4C3)nc2n1. The van der Waals surface area contributed by atoms with Crippen molar-refractivity contribution < 1.29 is 18.3 Å². The van der Waals surface area contributed by atoms with Crippen LogP contribution in [0.4, 0.5) is 13.2 Å². The lowest BCUT2D eigenvalue weighted by molar-refractivity contribution is -0.137. The number of fused-ring (bicyclic) bond motifs is 2. The second-order valence-electron chi connectivity index (χ2n) is 7.59. The molecule has 154 valence electrons. The predicted molar refractivity (Wildman–Crippen MR) is 104 cm³/mol. The smallest absolute Gasteiger partial charge is 0.416 e. The van der Waals surface area contributed by atoms with E-state index in [1.54, 1.807) is 12.3 Å². The first-order valence-electron chi connectivity index (χ1n) is 9.57. The number of hydrogen-bond acceptors (Lipinski definition) is 4. The van der Waals surface area contributed by atoms with Gasteiger partial charge in [0, 0.05) is 42.5 Å². The van der Waals surface area contributed by atoms with Crippen molar-refractivity contribution in [2.24, 2.45) is 0 Å². The van der Waals surface area contributed by atoms with E-state index in [0.29, 0.717) is 16.9 Å². The standard InChI is InChI=1S/C21H18F3N5O/c1-12-8-14(21(22,23)24)9-17(30)19(12)16-4-2-13-10-29(27-20(13)26-16)15-3-5-18-25-6-7-28(18)11-15/h2,4,6-10,15,30H,3,5,11H2,1H3/t15-/m0/s1. The number of nitrogens with zero attached hydrogens (tertiary/aromatic N) is 5. The lowest BCUT2D eigenvalue weighted by Gasteiger charge is -2.23. The number of aryl methyl sites for hydroxylation is 2. The topological polar surface area (TPSA) is 68.8 Å². The van der Waals surface area contributed by atoms with Crippen LogP contribution < -0.4 is 0 Å². The third-order valence-electron chi connectivity index (χ3n) is 5.57. The summed E-state index contributed by atoms with van der Waals surface area (Å²) < 4.78 is 43.0. The van der Waals surface area contributed by atoms with Crippen molar-refractivity contribution in [2.45, 2.75) is 38.5 Å². The molecule has 6 nitrogen and oxygen atoms in total. The van der Waals surface area contributed by atoms with E-state index in [1.165, 1.54) is 6.92 Å². The summed E-state index contributed by atoms with van der Waals surface area (Å²) >= 11 is 0. The Balaban J connectivity index is 1.51. The number of pyridine rings is 1. The average molecular weight is 413 g/mol. The molecule has 1 N–H and O–H groups in total. The summed E-state index contributed by atoms with van der Waals surface area (Å²) in [4.78, 5) is 8.85. The Hall–Kier alpha value is -3.36. The van der Waals surface area contributed by atoms with Gasteiger partial charge in [-0.3, -0.25) is 4.68 Å². The van der Waals surface area contributed by atoms with Crippen molar-refractivity contribution in [1.29, 1.82) is 0 Å². The number of hydrogen-bond donors (Lipinski definition) is 1. The fourth-order valence-corrected chi connectivity index (χ4v) is 4.08. The second-order valence-corrected chi connectivity index (χ2v) is 7.59. The highest BCUT2D eigenvalue weighted by Gasteiger charge is 2.32. The summed E-state index contributed by atoms with van der Waals surface area (Å²) in [5.74, 6) is 0.616. The van der Waals surface area contributed by atoms with Crippen molar-refractivity contribution >= 4 is 11.0 Å². The number of aromatic nitrogens is 5. The van der Waals surface area contributed by atoms with Crippen LogP contribution in [0.25, 0.3) is 22.3 Å². The molecule has 0 unspecified atom stereocenters. The predicted octanol–water partition coefficient (Wildman–Crippen LogP) is 4.52. The summed E-state index contributed by atoms with van der Waals surface area (Å²) in [7, 11) is 0. The monoisotopic (exact) mass is 413 g/mol. The van der Waals surface area contributed by atoms with Crippen molar-refractivity contribution in [3.05, 3.63) is 59.8 Å². The molecule has 0 saturated heterocycles. The molecule has 9 heteroatoms. The molecule has 5 rings (SSSR count). The van der Waals surface area contributed by atoms with Crippen molar-refractivity contribution in [1.82, 2.24) is 24.3 Å². The highest BCUT2D eigenvalue weighted by atomic mass is 19.4. The van der Waals surface area contributed by atoms with Gasteiger partial charge in [0.05, 0.1) is 17.3 Å². The molecule has 4 heterocycles.